The van der Waals surface area contributed by atoms with Crippen LogP contribution in [0.1, 0.15) is 30.0 Å². The molecule has 84 valence electrons. The molecule has 1 N–H and O–H groups in total. The third kappa shape index (κ3) is 2.95. The van der Waals surface area contributed by atoms with Crippen LogP contribution in [-0.2, 0) is 6.42 Å². The van der Waals surface area contributed by atoms with Gasteiger partial charge in [0.15, 0.2) is 0 Å². The summed E-state index contributed by atoms with van der Waals surface area (Å²) < 4.78 is 0. The molecule has 4 heteroatoms. The van der Waals surface area contributed by atoms with E-state index in [4.69, 9.17) is 4.98 Å². The van der Waals surface area contributed by atoms with Gasteiger partial charge in [-0.3, -0.25) is 0 Å². The molecule has 2 rings (SSSR count). The van der Waals surface area contributed by atoms with E-state index < -0.39 is 0 Å². The minimum atomic E-state index is 0.526. The number of rotatable bonds is 4. The van der Waals surface area contributed by atoms with Crippen LogP contribution >= 0.6 is 23.1 Å². The maximum atomic E-state index is 4.75. The summed E-state index contributed by atoms with van der Waals surface area (Å²) in [5.74, 6) is 3.32. The van der Waals surface area contributed by atoms with Crippen molar-refractivity contribution in [1.29, 1.82) is 0 Å². The van der Waals surface area contributed by atoms with Gasteiger partial charge in [0.05, 0.1) is 10.7 Å². The average molecular weight is 242 g/mol. The van der Waals surface area contributed by atoms with E-state index in [1.807, 2.05) is 18.4 Å². The normalized spacial score (nSPS) is 23.2. The Morgan fingerprint density at radius 2 is 2.53 bits per heavy atom. The summed E-state index contributed by atoms with van der Waals surface area (Å²) in [7, 11) is 2.01. The minimum absolute atomic E-state index is 0.526. The van der Waals surface area contributed by atoms with Crippen LogP contribution in [0.25, 0.3) is 0 Å². The highest BCUT2D eigenvalue weighted by Gasteiger charge is 2.20. The van der Waals surface area contributed by atoms with E-state index in [2.05, 4.69) is 29.4 Å². The summed E-state index contributed by atoms with van der Waals surface area (Å²) in [5.41, 5.74) is 1.26. The Morgan fingerprint density at radius 1 is 1.67 bits per heavy atom. The monoisotopic (exact) mass is 242 g/mol. The second-order valence-corrected chi connectivity index (χ2v) is 6.17. The molecule has 0 spiro atoms. The number of nitrogens with one attached hydrogen (secondary N) is 1. The summed E-state index contributed by atoms with van der Waals surface area (Å²) in [4.78, 5) is 4.75. The zero-order chi connectivity index (χ0) is 10.7. The third-order valence-electron chi connectivity index (χ3n) is 2.86. The van der Waals surface area contributed by atoms with E-state index in [9.17, 15) is 0 Å². The Kier molecular flexibility index (Phi) is 4.05. The fourth-order valence-electron chi connectivity index (χ4n) is 1.75. The molecule has 1 aliphatic heterocycles. The molecule has 2 atom stereocenters. The maximum Gasteiger partial charge on any atom is 0.0967 e. The van der Waals surface area contributed by atoms with Crippen LogP contribution in [0, 0.1) is 0 Å². The molecule has 0 saturated carbocycles. The molecule has 1 aromatic heterocycles. The smallest absolute Gasteiger partial charge is 0.0967 e. The second-order valence-electron chi connectivity index (χ2n) is 4.13. The lowest BCUT2D eigenvalue weighted by atomic mass is 10.1. The standard InChI is InChI=1S/C11H18N2S2/c1-8(12-2)5-10-7-15-11(13-10)9-3-4-14-6-9/h7-9,12H,3-6H2,1-2H3. The van der Waals surface area contributed by atoms with Gasteiger partial charge >= 0.3 is 0 Å². The Labute approximate surface area is 99.9 Å². The predicted molar refractivity (Wildman–Crippen MR) is 69.0 cm³/mol. The molecule has 2 heterocycles. The van der Waals surface area contributed by atoms with Crippen molar-refractivity contribution in [3.63, 3.8) is 0 Å². The molecular formula is C11H18N2S2. The number of nitrogens with zero attached hydrogens (tertiary/aromatic N) is 1. The molecule has 1 fully saturated rings. The minimum Gasteiger partial charge on any atom is -0.317 e. The molecular weight excluding hydrogens is 224 g/mol. The van der Waals surface area contributed by atoms with Gasteiger partial charge < -0.3 is 5.32 Å². The quantitative estimate of drug-likeness (QED) is 0.878. The predicted octanol–water partition coefficient (Wildman–Crippen LogP) is 2.51. The van der Waals surface area contributed by atoms with Crippen LogP contribution in [0.3, 0.4) is 0 Å². The van der Waals surface area contributed by atoms with Crippen LogP contribution in [0.2, 0.25) is 0 Å². The fraction of sp³-hybridized carbons (Fsp3) is 0.727. The van der Waals surface area contributed by atoms with E-state index in [0.29, 0.717) is 6.04 Å². The highest BCUT2D eigenvalue weighted by Crippen LogP contribution is 2.33. The Bertz CT molecular complexity index is 305. The zero-order valence-electron chi connectivity index (χ0n) is 9.32. The van der Waals surface area contributed by atoms with Crippen molar-refractivity contribution >= 4 is 23.1 Å². The lowest BCUT2D eigenvalue weighted by molar-refractivity contribution is 0.600. The molecule has 2 nitrogen and oxygen atoms in total. The molecule has 0 radical (unpaired) electrons. The van der Waals surface area contributed by atoms with Gasteiger partial charge in [-0.15, -0.1) is 11.3 Å². The third-order valence-corrected chi connectivity index (χ3v) is 5.08. The van der Waals surface area contributed by atoms with E-state index in [0.717, 1.165) is 12.3 Å². The average Bonchev–Trinajstić information content (AvgIpc) is 2.85. The van der Waals surface area contributed by atoms with Gasteiger partial charge in [-0.25, -0.2) is 4.98 Å². The van der Waals surface area contributed by atoms with Crippen molar-refractivity contribution in [3.05, 3.63) is 16.1 Å². The summed E-state index contributed by atoms with van der Waals surface area (Å²) >= 11 is 3.91. The van der Waals surface area contributed by atoms with Crippen LogP contribution in [0.4, 0.5) is 0 Å². The van der Waals surface area contributed by atoms with E-state index in [1.54, 1.807) is 0 Å². The van der Waals surface area contributed by atoms with Gasteiger partial charge in [0.1, 0.15) is 0 Å². The maximum absolute atomic E-state index is 4.75. The molecule has 0 amide bonds. The molecule has 1 saturated heterocycles. The summed E-state index contributed by atoms with van der Waals surface area (Å²) in [5, 5.41) is 6.84. The van der Waals surface area contributed by atoms with Gasteiger partial charge in [-0.05, 0) is 26.1 Å². The number of thiazole rings is 1. The van der Waals surface area contributed by atoms with E-state index >= 15 is 0 Å². The van der Waals surface area contributed by atoms with Crippen LogP contribution in [-0.4, -0.2) is 29.6 Å². The molecule has 1 aromatic rings. The first-order valence-electron chi connectivity index (χ1n) is 5.49. The second kappa shape index (κ2) is 5.32. The summed E-state index contributed by atoms with van der Waals surface area (Å²) in [6, 6.07) is 0.526. The lowest BCUT2D eigenvalue weighted by Gasteiger charge is -2.07. The van der Waals surface area contributed by atoms with E-state index in [-0.39, 0.29) is 0 Å². The zero-order valence-corrected chi connectivity index (χ0v) is 11.0. The van der Waals surface area contributed by atoms with Crippen molar-refractivity contribution in [2.75, 3.05) is 18.6 Å². The van der Waals surface area contributed by atoms with Crippen LogP contribution < -0.4 is 5.32 Å². The van der Waals surface area contributed by atoms with Gasteiger partial charge in [-0.1, -0.05) is 0 Å². The van der Waals surface area contributed by atoms with Crippen LogP contribution in [0.15, 0.2) is 5.38 Å². The topological polar surface area (TPSA) is 24.9 Å². The van der Waals surface area contributed by atoms with E-state index in [1.165, 1.54) is 28.6 Å². The molecule has 2 unspecified atom stereocenters. The molecule has 0 bridgehead atoms. The largest absolute Gasteiger partial charge is 0.317 e. The van der Waals surface area contributed by atoms with Crippen molar-refractivity contribution < 1.29 is 0 Å². The number of hydrogen-bond donors (Lipinski definition) is 1. The number of thioether (sulfide) groups is 1. The van der Waals surface area contributed by atoms with Crippen molar-refractivity contribution in [3.8, 4) is 0 Å². The number of likely N-dealkylation sites (N-methyl/N-ethyl adjacent to an activating group) is 1. The van der Waals surface area contributed by atoms with Gasteiger partial charge in [0.2, 0.25) is 0 Å². The van der Waals surface area contributed by atoms with Gasteiger partial charge in [0.25, 0.3) is 0 Å². The first-order valence-corrected chi connectivity index (χ1v) is 7.52. The fourth-order valence-corrected chi connectivity index (χ4v) is 4.05. The number of aromatic nitrogens is 1. The molecule has 15 heavy (non-hydrogen) atoms. The Morgan fingerprint density at radius 3 is 3.20 bits per heavy atom. The first kappa shape index (κ1) is 11.4. The number of hydrogen-bond acceptors (Lipinski definition) is 4. The summed E-state index contributed by atoms with van der Waals surface area (Å²) in [6.45, 7) is 2.20. The Balaban J connectivity index is 1.97. The SMILES string of the molecule is CNC(C)Cc1csc(C2CCSC2)n1. The van der Waals surface area contributed by atoms with Crippen molar-refractivity contribution in [1.82, 2.24) is 10.3 Å². The molecule has 0 aromatic carbocycles. The first-order chi connectivity index (χ1) is 7.29. The highest BCUT2D eigenvalue weighted by molar-refractivity contribution is 7.99. The van der Waals surface area contributed by atoms with Crippen molar-refractivity contribution in [2.45, 2.75) is 31.7 Å². The summed E-state index contributed by atoms with van der Waals surface area (Å²) in [6.07, 6.45) is 2.37. The van der Waals surface area contributed by atoms with Crippen LogP contribution in [0.5, 0.6) is 0 Å². The van der Waals surface area contributed by atoms with Gasteiger partial charge in [-0.2, -0.15) is 11.8 Å². The van der Waals surface area contributed by atoms with Gasteiger partial charge in [0, 0.05) is 29.5 Å². The molecule has 0 aliphatic carbocycles. The highest BCUT2D eigenvalue weighted by atomic mass is 32.2. The molecule has 1 aliphatic rings. The van der Waals surface area contributed by atoms with Crippen molar-refractivity contribution in [2.24, 2.45) is 0 Å². The Hall–Kier alpha value is -0.0600. The lowest BCUT2D eigenvalue weighted by Crippen LogP contribution is -2.23.